The lowest BCUT2D eigenvalue weighted by molar-refractivity contribution is -0.118. The molecule has 0 spiro atoms. The molecule has 6 nitrogen and oxygen atoms in total. The molecule has 0 fully saturated rings. The number of aromatic nitrogens is 2. The standard InChI is InChI=1S/C26H27N3O3S2/c1-3-21-6-4-7-23-25(21)28-26(33-23)29(18-20-13-15-27-16-14-20)24(30)8-5-17-34(31,32)22-11-9-19(2)10-12-22/h4,6-7,9-16H,3,5,8,17-18H2,1-2H3. The summed E-state index contributed by atoms with van der Waals surface area (Å²) in [5, 5.41) is 0.624. The van der Waals surface area contributed by atoms with E-state index in [-0.39, 0.29) is 29.4 Å². The van der Waals surface area contributed by atoms with Gasteiger partial charge in [0.25, 0.3) is 0 Å². The molecule has 2 aromatic carbocycles. The second-order valence-electron chi connectivity index (χ2n) is 8.18. The molecule has 0 saturated heterocycles. The molecule has 0 radical (unpaired) electrons. The summed E-state index contributed by atoms with van der Waals surface area (Å²) < 4.78 is 26.4. The minimum atomic E-state index is -3.44. The smallest absolute Gasteiger partial charge is 0.229 e. The quantitative estimate of drug-likeness (QED) is 0.314. The van der Waals surface area contributed by atoms with Crippen molar-refractivity contribution in [2.45, 2.75) is 44.6 Å². The predicted octanol–water partition coefficient (Wildman–Crippen LogP) is 5.35. The Hall–Kier alpha value is -3.10. The van der Waals surface area contributed by atoms with Gasteiger partial charge in [-0.3, -0.25) is 14.7 Å². The van der Waals surface area contributed by atoms with E-state index in [4.69, 9.17) is 4.98 Å². The number of fused-ring (bicyclic) bond motifs is 1. The number of thiazole rings is 1. The van der Waals surface area contributed by atoms with Crippen LogP contribution in [0.3, 0.4) is 0 Å². The van der Waals surface area contributed by atoms with Gasteiger partial charge in [0, 0.05) is 18.8 Å². The third-order valence-electron chi connectivity index (χ3n) is 5.68. The number of benzene rings is 2. The Labute approximate surface area is 204 Å². The van der Waals surface area contributed by atoms with Gasteiger partial charge in [-0.15, -0.1) is 0 Å². The molecular weight excluding hydrogens is 466 g/mol. The molecule has 0 unspecified atom stereocenters. The lowest BCUT2D eigenvalue weighted by atomic mass is 10.1. The third-order valence-corrected chi connectivity index (χ3v) is 8.54. The average molecular weight is 494 g/mol. The first-order valence-electron chi connectivity index (χ1n) is 11.2. The van der Waals surface area contributed by atoms with Crippen molar-refractivity contribution < 1.29 is 13.2 Å². The fourth-order valence-corrected chi connectivity index (χ4v) is 6.08. The van der Waals surface area contributed by atoms with Crippen LogP contribution in [0.15, 0.2) is 71.9 Å². The minimum absolute atomic E-state index is 0.0786. The molecule has 4 aromatic rings. The van der Waals surface area contributed by atoms with Gasteiger partial charge in [0.2, 0.25) is 5.91 Å². The van der Waals surface area contributed by atoms with Gasteiger partial charge in [0.05, 0.1) is 27.4 Å². The Balaban J connectivity index is 1.54. The number of amides is 1. The molecule has 34 heavy (non-hydrogen) atoms. The SMILES string of the molecule is CCc1cccc2sc(N(Cc3ccncc3)C(=O)CCCS(=O)(=O)c3ccc(C)cc3)nc12. The van der Waals surface area contributed by atoms with Crippen molar-refractivity contribution in [1.82, 2.24) is 9.97 Å². The zero-order valence-electron chi connectivity index (χ0n) is 19.3. The molecule has 4 rings (SSSR count). The van der Waals surface area contributed by atoms with Gasteiger partial charge in [-0.05, 0) is 61.2 Å². The Morgan fingerprint density at radius 3 is 2.47 bits per heavy atom. The summed E-state index contributed by atoms with van der Waals surface area (Å²) in [5.41, 5.74) is 3.99. The molecule has 0 bridgehead atoms. The number of rotatable bonds is 9. The van der Waals surface area contributed by atoms with Gasteiger partial charge in [0.15, 0.2) is 15.0 Å². The summed E-state index contributed by atoms with van der Waals surface area (Å²) >= 11 is 1.48. The molecule has 8 heteroatoms. The highest BCUT2D eigenvalue weighted by atomic mass is 32.2. The number of nitrogens with zero attached hydrogens (tertiary/aromatic N) is 3. The zero-order chi connectivity index (χ0) is 24.1. The third kappa shape index (κ3) is 5.51. The molecule has 0 aliphatic carbocycles. The van der Waals surface area contributed by atoms with E-state index in [0.29, 0.717) is 11.7 Å². The largest absolute Gasteiger partial charge is 0.284 e. The first-order valence-corrected chi connectivity index (χ1v) is 13.7. The van der Waals surface area contributed by atoms with Crippen molar-refractivity contribution in [3.05, 3.63) is 83.7 Å². The molecule has 2 aromatic heterocycles. The van der Waals surface area contributed by atoms with Gasteiger partial charge >= 0.3 is 0 Å². The number of pyridine rings is 1. The van der Waals surface area contributed by atoms with Crippen molar-refractivity contribution in [1.29, 1.82) is 0 Å². The van der Waals surface area contributed by atoms with Crippen LogP contribution in [0.5, 0.6) is 0 Å². The number of sulfone groups is 1. The minimum Gasteiger partial charge on any atom is -0.284 e. The Morgan fingerprint density at radius 1 is 1.03 bits per heavy atom. The Morgan fingerprint density at radius 2 is 1.76 bits per heavy atom. The lowest BCUT2D eigenvalue weighted by Gasteiger charge is -2.20. The molecule has 0 N–H and O–H groups in total. The van der Waals surface area contributed by atoms with E-state index in [2.05, 4.69) is 18.0 Å². The van der Waals surface area contributed by atoms with Crippen LogP contribution in [0, 0.1) is 6.92 Å². The van der Waals surface area contributed by atoms with E-state index >= 15 is 0 Å². The van der Waals surface area contributed by atoms with Gasteiger partial charge in [0.1, 0.15) is 0 Å². The molecule has 1 amide bonds. The number of hydrogen-bond acceptors (Lipinski definition) is 6. The molecule has 0 saturated carbocycles. The van der Waals surface area contributed by atoms with Crippen LogP contribution in [-0.4, -0.2) is 30.0 Å². The van der Waals surface area contributed by atoms with E-state index < -0.39 is 9.84 Å². The fourth-order valence-electron chi connectivity index (χ4n) is 3.74. The molecule has 0 aliphatic rings. The maximum Gasteiger partial charge on any atom is 0.229 e. The zero-order valence-corrected chi connectivity index (χ0v) is 20.9. The number of carbonyl (C=O) groups is 1. The van der Waals surface area contributed by atoms with Gasteiger partial charge < -0.3 is 0 Å². The molecular formula is C26H27N3O3S2. The maximum absolute atomic E-state index is 13.3. The van der Waals surface area contributed by atoms with Crippen molar-refractivity contribution in [2.75, 3.05) is 10.7 Å². The number of carbonyl (C=O) groups excluding carboxylic acids is 1. The van der Waals surface area contributed by atoms with Crippen LogP contribution in [0.2, 0.25) is 0 Å². The first kappa shape index (κ1) is 24.0. The lowest BCUT2D eigenvalue weighted by Crippen LogP contribution is -2.30. The summed E-state index contributed by atoms with van der Waals surface area (Å²) in [6.07, 6.45) is 4.61. The van der Waals surface area contributed by atoms with Crippen LogP contribution in [0.25, 0.3) is 10.2 Å². The normalized spacial score (nSPS) is 11.6. The predicted molar refractivity (Wildman–Crippen MR) is 137 cm³/mol. The van der Waals surface area contributed by atoms with Crippen LogP contribution in [-0.2, 0) is 27.6 Å². The second kappa shape index (κ2) is 10.4. The average Bonchev–Trinajstić information content (AvgIpc) is 3.27. The van der Waals surface area contributed by atoms with Crippen molar-refractivity contribution in [3.8, 4) is 0 Å². The van der Waals surface area contributed by atoms with E-state index in [9.17, 15) is 13.2 Å². The van der Waals surface area contributed by atoms with Crippen LogP contribution >= 0.6 is 11.3 Å². The van der Waals surface area contributed by atoms with Crippen LogP contribution in [0.4, 0.5) is 5.13 Å². The second-order valence-corrected chi connectivity index (χ2v) is 11.3. The van der Waals surface area contributed by atoms with Crippen molar-refractivity contribution in [3.63, 3.8) is 0 Å². The number of para-hydroxylation sites is 1. The number of anilines is 1. The molecule has 176 valence electrons. The Kier molecular flexibility index (Phi) is 7.38. The van der Waals surface area contributed by atoms with E-state index in [0.717, 1.165) is 33.3 Å². The molecule has 2 heterocycles. The molecule has 0 aliphatic heterocycles. The summed E-state index contributed by atoms with van der Waals surface area (Å²) in [6, 6.07) is 16.6. The highest BCUT2D eigenvalue weighted by molar-refractivity contribution is 7.91. The fraction of sp³-hybridized carbons (Fsp3) is 0.269. The summed E-state index contributed by atoms with van der Waals surface area (Å²) in [7, 11) is -3.44. The van der Waals surface area contributed by atoms with Crippen LogP contribution < -0.4 is 4.90 Å². The van der Waals surface area contributed by atoms with Crippen molar-refractivity contribution in [2.24, 2.45) is 0 Å². The topological polar surface area (TPSA) is 80.2 Å². The van der Waals surface area contributed by atoms with Gasteiger partial charge in [-0.25, -0.2) is 13.4 Å². The summed E-state index contributed by atoms with van der Waals surface area (Å²) in [4.78, 5) is 24.1. The van der Waals surface area contributed by atoms with Crippen molar-refractivity contribution >= 4 is 42.4 Å². The highest BCUT2D eigenvalue weighted by Gasteiger charge is 2.22. The summed E-state index contributed by atoms with van der Waals surface area (Å²) in [6.45, 7) is 4.35. The highest BCUT2D eigenvalue weighted by Crippen LogP contribution is 2.32. The van der Waals surface area contributed by atoms with Gasteiger partial charge in [-0.1, -0.05) is 48.1 Å². The first-order chi connectivity index (χ1) is 16.4. The van der Waals surface area contributed by atoms with E-state index in [1.54, 1.807) is 41.6 Å². The van der Waals surface area contributed by atoms with Crippen LogP contribution in [0.1, 0.15) is 36.5 Å². The Bertz CT molecular complexity index is 1380. The van der Waals surface area contributed by atoms with Gasteiger partial charge in [-0.2, -0.15) is 0 Å². The number of aryl methyl sites for hydroxylation is 2. The number of hydrogen-bond donors (Lipinski definition) is 0. The monoisotopic (exact) mass is 493 g/mol. The maximum atomic E-state index is 13.3. The van der Waals surface area contributed by atoms with E-state index in [1.165, 1.54) is 11.3 Å². The molecule has 0 atom stereocenters. The van der Waals surface area contributed by atoms with E-state index in [1.807, 2.05) is 31.2 Å². The summed E-state index contributed by atoms with van der Waals surface area (Å²) in [5.74, 6) is -0.224.